The van der Waals surface area contributed by atoms with Gasteiger partial charge in [0.2, 0.25) is 0 Å². The molecule has 0 amide bonds. The molecule has 29 heavy (non-hydrogen) atoms. The van der Waals surface area contributed by atoms with E-state index in [-0.39, 0.29) is 24.5 Å². The van der Waals surface area contributed by atoms with Crippen molar-refractivity contribution in [3.8, 4) is 0 Å². The molecule has 0 aliphatic carbocycles. The molecular formula is C25H48O4. The summed E-state index contributed by atoms with van der Waals surface area (Å²) in [5.41, 5.74) is 0. The molecule has 0 radical (unpaired) electrons. The summed E-state index contributed by atoms with van der Waals surface area (Å²) < 4.78 is 10.7. The molecule has 0 aliphatic heterocycles. The summed E-state index contributed by atoms with van der Waals surface area (Å²) >= 11 is 0. The Balaban J connectivity index is 3.41. The second-order valence-electron chi connectivity index (χ2n) is 8.64. The van der Waals surface area contributed by atoms with Gasteiger partial charge in [-0.1, -0.05) is 98.3 Å². The first kappa shape index (κ1) is 27.9. The summed E-state index contributed by atoms with van der Waals surface area (Å²) in [6.45, 7) is 8.88. The Morgan fingerprint density at radius 3 is 1.62 bits per heavy atom. The van der Waals surface area contributed by atoms with Crippen LogP contribution >= 0.6 is 0 Å². The van der Waals surface area contributed by atoms with Gasteiger partial charge in [-0.3, -0.25) is 9.59 Å². The summed E-state index contributed by atoms with van der Waals surface area (Å²) in [5.74, 6) is -0.0828. The van der Waals surface area contributed by atoms with Crippen molar-refractivity contribution in [2.45, 2.75) is 137 Å². The fourth-order valence-corrected chi connectivity index (χ4v) is 3.50. The Bertz CT molecular complexity index is 392. The van der Waals surface area contributed by atoms with Crippen LogP contribution in [0.1, 0.15) is 130 Å². The van der Waals surface area contributed by atoms with Crippen LogP contribution in [0.2, 0.25) is 0 Å². The fourth-order valence-electron chi connectivity index (χ4n) is 3.50. The molecule has 0 heterocycles. The molecule has 1 unspecified atom stereocenters. The third-order valence-electron chi connectivity index (χ3n) is 5.45. The van der Waals surface area contributed by atoms with Gasteiger partial charge in [0, 0.05) is 12.8 Å². The van der Waals surface area contributed by atoms with E-state index >= 15 is 0 Å². The molecule has 0 spiro atoms. The lowest BCUT2D eigenvalue weighted by atomic mass is 10.1. The van der Waals surface area contributed by atoms with E-state index in [1.54, 1.807) is 0 Å². The number of esters is 2. The highest BCUT2D eigenvalue weighted by Gasteiger charge is 2.16. The van der Waals surface area contributed by atoms with Crippen LogP contribution in [0.15, 0.2) is 0 Å². The zero-order valence-electron chi connectivity index (χ0n) is 19.8. The van der Waals surface area contributed by atoms with Gasteiger partial charge in [0.1, 0.15) is 6.10 Å². The van der Waals surface area contributed by atoms with E-state index in [4.69, 9.17) is 9.47 Å². The molecule has 0 saturated carbocycles. The summed E-state index contributed by atoms with van der Waals surface area (Å²) in [6.07, 6.45) is 17.5. The SMILES string of the molecule is CCCCCCCCCCCCCCOC(=O)CCCC(=O)OC(CC)C(C)C. The van der Waals surface area contributed by atoms with E-state index in [9.17, 15) is 9.59 Å². The molecule has 0 fully saturated rings. The van der Waals surface area contributed by atoms with E-state index < -0.39 is 0 Å². The maximum atomic E-state index is 11.8. The third-order valence-corrected chi connectivity index (χ3v) is 5.45. The van der Waals surface area contributed by atoms with Gasteiger partial charge < -0.3 is 9.47 Å². The van der Waals surface area contributed by atoms with Gasteiger partial charge in [-0.15, -0.1) is 0 Å². The van der Waals surface area contributed by atoms with E-state index in [0.29, 0.717) is 25.4 Å². The highest BCUT2D eigenvalue weighted by Crippen LogP contribution is 2.13. The number of rotatable bonds is 20. The van der Waals surface area contributed by atoms with Crippen LogP contribution in [0, 0.1) is 5.92 Å². The van der Waals surface area contributed by atoms with Gasteiger partial charge in [-0.25, -0.2) is 0 Å². The first-order valence-corrected chi connectivity index (χ1v) is 12.4. The minimum Gasteiger partial charge on any atom is -0.466 e. The molecule has 4 heteroatoms. The van der Waals surface area contributed by atoms with E-state index in [1.807, 2.05) is 6.92 Å². The zero-order valence-corrected chi connectivity index (χ0v) is 19.8. The summed E-state index contributed by atoms with van der Waals surface area (Å²) in [4.78, 5) is 23.5. The van der Waals surface area contributed by atoms with Crippen LogP contribution in [-0.2, 0) is 19.1 Å². The predicted octanol–water partition coefficient (Wildman–Crippen LogP) is 7.38. The standard InChI is InChI=1S/C25H48O4/c1-5-7-8-9-10-11-12-13-14-15-16-17-21-28-24(26)19-18-20-25(27)29-23(6-2)22(3)4/h22-23H,5-21H2,1-4H3. The summed E-state index contributed by atoms with van der Waals surface area (Å²) in [6, 6.07) is 0. The van der Waals surface area contributed by atoms with Crippen molar-refractivity contribution in [2.24, 2.45) is 5.92 Å². The molecule has 1 atom stereocenters. The number of carbonyl (C=O) groups excluding carboxylic acids is 2. The van der Waals surface area contributed by atoms with Crippen molar-refractivity contribution < 1.29 is 19.1 Å². The van der Waals surface area contributed by atoms with Gasteiger partial charge in [-0.05, 0) is 25.2 Å². The quantitative estimate of drug-likeness (QED) is 0.155. The first-order valence-electron chi connectivity index (χ1n) is 12.4. The van der Waals surface area contributed by atoms with Crippen LogP contribution in [0.5, 0.6) is 0 Å². The van der Waals surface area contributed by atoms with E-state index in [1.165, 1.54) is 64.2 Å². The molecule has 4 nitrogen and oxygen atoms in total. The van der Waals surface area contributed by atoms with Crippen LogP contribution in [0.3, 0.4) is 0 Å². The second-order valence-corrected chi connectivity index (χ2v) is 8.64. The van der Waals surface area contributed by atoms with Gasteiger partial charge in [0.15, 0.2) is 0 Å². The monoisotopic (exact) mass is 412 g/mol. The van der Waals surface area contributed by atoms with Crippen LogP contribution in [0.25, 0.3) is 0 Å². The second kappa shape index (κ2) is 20.2. The van der Waals surface area contributed by atoms with Crippen molar-refractivity contribution in [1.29, 1.82) is 0 Å². The highest BCUT2D eigenvalue weighted by molar-refractivity contribution is 5.72. The topological polar surface area (TPSA) is 52.6 Å². The third kappa shape index (κ3) is 18.7. The van der Waals surface area contributed by atoms with Crippen molar-refractivity contribution in [3.05, 3.63) is 0 Å². The van der Waals surface area contributed by atoms with Crippen LogP contribution < -0.4 is 0 Å². The lowest BCUT2D eigenvalue weighted by molar-refractivity contribution is -0.151. The fraction of sp³-hybridized carbons (Fsp3) is 0.920. The summed E-state index contributed by atoms with van der Waals surface area (Å²) in [5, 5.41) is 0. The van der Waals surface area contributed by atoms with Crippen molar-refractivity contribution >= 4 is 11.9 Å². The molecule has 0 aliphatic rings. The number of hydrogen-bond donors (Lipinski definition) is 0. The van der Waals surface area contributed by atoms with E-state index in [2.05, 4.69) is 20.8 Å². The zero-order chi connectivity index (χ0) is 21.7. The Hall–Kier alpha value is -1.06. The van der Waals surface area contributed by atoms with Crippen LogP contribution in [-0.4, -0.2) is 24.6 Å². The lowest BCUT2D eigenvalue weighted by Gasteiger charge is -2.19. The maximum Gasteiger partial charge on any atom is 0.306 e. The predicted molar refractivity (Wildman–Crippen MR) is 121 cm³/mol. The Kier molecular flexibility index (Phi) is 19.5. The molecule has 0 aromatic carbocycles. The summed E-state index contributed by atoms with van der Waals surface area (Å²) in [7, 11) is 0. The number of carbonyl (C=O) groups is 2. The van der Waals surface area contributed by atoms with Crippen molar-refractivity contribution in [1.82, 2.24) is 0 Å². The van der Waals surface area contributed by atoms with Gasteiger partial charge in [0.05, 0.1) is 6.61 Å². The van der Waals surface area contributed by atoms with Gasteiger partial charge in [0.25, 0.3) is 0 Å². The van der Waals surface area contributed by atoms with Gasteiger partial charge >= 0.3 is 11.9 Å². The van der Waals surface area contributed by atoms with Crippen LogP contribution in [0.4, 0.5) is 0 Å². The normalized spacial score (nSPS) is 12.2. The maximum absolute atomic E-state index is 11.8. The minimum absolute atomic E-state index is 0.0275. The van der Waals surface area contributed by atoms with Crippen molar-refractivity contribution in [3.63, 3.8) is 0 Å². The molecule has 0 aromatic heterocycles. The average Bonchev–Trinajstić information content (AvgIpc) is 2.69. The Morgan fingerprint density at radius 2 is 1.14 bits per heavy atom. The lowest BCUT2D eigenvalue weighted by Crippen LogP contribution is -2.22. The van der Waals surface area contributed by atoms with E-state index in [0.717, 1.165) is 19.3 Å². The van der Waals surface area contributed by atoms with Crippen molar-refractivity contribution in [2.75, 3.05) is 6.61 Å². The Labute approximate surface area is 180 Å². The number of unbranched alkanes of at least 4 members (excludes halogenated alkanes) is 11. The largest absolute Gasteiger partial charge is 0.466 e. The molecule has 0 saturated heterocycles. The molecule has 172 valence electrons. The molecule has 0 rings (SSSR count). The Morgan fingerprint density at radius 1 is 0.655 bits per heavy atom. The number of hydrogen-bond acceptors (Lipinski definition) is 4. The first-order chi connectivity index (χ1) is 14.0. The molecule has 0 aromatic rings. The molecule has 0 N–H and O–H groups in total. The smallest absolute Gasteiger partial charge is 0.306 e. The molecular weight excluding hydrogens is 364 g/mol. The molecule has 0 bridgehead atoms. The highest BCUT2D eigenvalue weighted by atomic mass is 16.5. The minimum atomic E-state index is -0.209. The number of ether oxygens (including phenoxy) is 2. The van der Waals surface area contributed by atoms with Gasteiger partial charge in [-0.2, -0.15) is 0 Å². The average molecular weight is 413 g/mol.